The molecule has 0 bridgehead atoms. The van der Waals surface area contributed by atoms with E-state index in [1.807, 2.05) is 30.6 Å². The Morgan fingerprint density at radius 3 is 2.36 bits per heavy atom. The molecule has 1 aromatic heterocycles. The minimum atomic E-state index is -0.206. The number of hydrazone groups is 1. The first-order chi connectivity index (χ1) is 10.7. The van der Waals surface area contributed by atoms with E-state index in [1.54, 1.807) is 43.2 Å². The molecule has 2 rings (SSSR count). The molecule has 0 aliphatic carbocycles. The highest BCUT2D eigenvalue weighted by atomic mass is 16.5. The third kappa shape index (κ3) is 4.59. The van der Waals surface area contributed by atoms with Crippen LogP contribution in [-0.4, -0.2) is 26.3 Å². The summed E-state index contributed by atoms with van der Waals surface area (Å²) in [6.07, 6.45) is 5.17. The molecule has 6 nitrogen and oxygen atoms in total. The van der Waals surface area contributed by atoms with Crippen LogP contribution >= 0.6 is 0 Å². The number of ether oxygens (including phenoxy) is 2. The lowest BCUT2D eigenvalue weighted by atomic mass is 10.2. The molecule has 0 spiro atoms. The van der Waals surface area contributed by atoms with Crippen LogP contribution in [0.5, 0.6) is 11.5 Å². The number of pyridine rings is 1. The highest BCUT2D eigenvalue weighted by molar-refractivity contribution is 5.83. The number of aromatic nitrogens is 1. The number of carbonyl (C=O) groups is 1. The first-order valence-electron chi connectivity index (χ1n) is 6.70. The van der Waals surface area contributed by atoms with Gasteiger partial charge in [-0.05, 0) is 12.1 Å². The predicted octanol–water partition coefficient (Wildman–Crippen LogP) is 1.14. The third-order valence-electron chi connectivity index (χ3n) is 2.88. The molecule has 0 radical (unpaired) electrons. The lowest BCUT2D eigenvalue weighted by molar-refractivity contribution is -0.684. The molecule has 0 fully saturated rings. The number of nitrogens with one attached hydrogen (secondary N) is 1. The Hall–Kier alpha value is -2.89. The molecule has 1 amide bonds. The maximum Gasteiger partial charge on any atom is 0.305 e. The summed E-state index contributed by atoms with van der Waals surface area (Å²) in [5.41, 5.74) is 3.25. The minimum Gasteiger partial charge on any atom is -0.497 e. The molecule has 0 unspecified atom stereocenters. The quantitative estimate of drug-likeness (QED) is 0.494. The molecule has 0 aliphatic heterocycles. The first kappa shape index (κ1) is 15.5. The van der Waals surface area contributed by atoms with Gasteiger partial charge in [-0.3, -0.25) is 4.79 Å². The number of nitrogens with zero attached hydrogens (tertiary/aromatic N) is 2. The number of carbonyl (C=O) groups excluding carboxylic acids is 1. The second-order valence-corrected chi connectivity index (χ2v) is 4.49. The van der Waals surface area contributed by atoms with Crippen LogP contribution in [0.3, 0.4) is 0 Å². The third-order valence-corrected chi connectivity index (χ3v) is 2.88. The molecule has 2 aromatic rings. The van der Waals surface area contributed by atoms with Gasteiger partial charge in [0.1, 0.15) is 11.5 Å². The molecule has 1 N–H and O–H groups in total. The Bertz CT molecular complexity index is 635. The van der Waals surface area contributed by atoms with Gasteiger partial charge in [0.2, 0.25) is 6.54 Å². The van der Waals surface area contributed by atoms with Crippen molar-refractivity contribution in [3.63, 3.8) is 0 Å². The van der Waals surface area contributed by atoms with Gasteiger partial charge >= 0.3 is 5.91 Å². The average molecular weight is 300 g/mol. The summed E-state index contributed by atoms with van der Waals surface area (Å²) < 4.78 is 12.1. The van der Waals surface area contributed by atoms with Crippen molar-refractivity contribution < 1.29 is 18.8 Å². The van der Waals surface area contributed by atoms with E-state index in [1.165, 1.54) is 0 Å². The molecule has 1 aromatic carbocycles. The van der Waals surface area contributed by atoms with E-state index < -0.39 is 0 Å². The molecule has 6 heteroatoms. The number of hydrogen-bond acceptors (Lipinski definition) is 4. The van der Waals surface area contributed by atoms with Gasteiger partial charge in [0.25, 0.3) is 0 Å². The van der Waals surface area contributed by atoms with Crippen molar-refractivity contribution in [2.24, 2.45) is 5.10 Å². The highest BCUT2D eigenvalue weighted by Crippen LogP contribution is 2.21. The summed E-state index contributed by atoms with van der Waals surface area (Å²) in [6.45, 7) is 0.208. The number of hydrogen-bond donors (Lipinski definition) is 1. The summed E-state index contributed by atoms with van der Waals surface area (Å²) in [5.74, 6) is 1.11. The van der Waals surface area contributed by atoms with Crippen LogP contribution in [0.1, 0.15) is 5.56 Å². The van der Waals surface area contributed by atoms with Crippen molar-refractivity contribution in [1.29, 1.82) is 0 Å². The van der Waals surface area contributed by atoms with E-state index in [0.29, 0.717) is 11.5 Å². The van der Waals surface area contributed by atoms with Gasteiger partial charge in [-0.15, -0.1) is 0 Å². The minimum absolute atomic E-state index is 0.206. The summed E-state index contributed by atoms with van der Waals surface area (Å²) >= 11 is 0. The molecular weight excluding hydrogens is 282 g/mol. The maximum absolute atomic E-state index is 11.8. The van der Waals surface area contributed by atoms with E-state index in [9.17, 15) is 4.79 Å². The maximum atomic E-state index is 11.8. The molecule has 0 atom stereocenters. The van der Waals surface area contributed by atoms with E-state index in [2.05, 4.69) is 10.5 Å². The number of benzene rings is 1. The van der Waals surface area contributed by atoms with Gasteiger partial charge in [0.15, 0.2) is 12.4 Å². The van der Waals surface area contributed by atoms with Crippen molar-refractivity contribution >= 4 is 12.1 Å². The van der Waals surface area contributed by atoms with E-state index >= 15 is 0 Å². The first-order valence-corrected chi connectivity index (χ1v) is 6.70. The Morgan fingerprint density at radius 2 is 1.77 bits per heavy atom. The summed E-state index contributed by atoms with van der Waals surface area (Å²) in [6, 6.07) is 11.0. The van der Waals surface area contributed by atoms with Crippen molar-refractivity contribution in [3.05, 3.63) is 54.4 Å². The highest BCUT2D eigenvalue weighted by Gasteiger charge is 2.06. The molecule has 0 saturated heterocycles. The zero-order valence-corrected chi connectivity index (χ0v) is 12.5. The summed E-state index contributed by atoms with van der Waals surface area (Å²) in [4.78, 5) is 11.8. The van der Waals surface area contributed by atoms with Gasteiger partial charge < -0.3 is 9.47 Å². The lowest BCUT2D eigenvalue weighted by Crippen LogP contribution is -2.40. The fraction of sp³-hybridized carbons (Fsp3) is 0.188. The van der Waals surface area contributed by atoms with Crippen LogP contribution in [0.15, 0.2) is 53.9 Å². The zero-order chi connectivity index (χ0) is 15.8. The van der Waals surface area contributed by atoms with E-state index in [4.69, 9.17) is 9.47 Å². The molecule has 114 valence electrons. The SMILES string of the molecule is COc1cc(/C=N/NC(=O)C[n+]2ccccc2)cc(OC)c1. The Labute approximate surface area is 129 Å². The standard InChI is InChI=1S/C16H17N3O3/c1-21-14-8-13(9-15(10-14)22-2)11-17-18-16(20)12-19-6-4-3-5-7-19/h3-11H,12H2,1-2H3/p+1/b17-11+. The van der Waals surface area contributed by atoms with Gasteiger partial charge in [-0.25, -0.2) is 5.43 Å². The topological polar surface area (TPSA) is 63.8 Å². The normalized spacial score (nSPS) is 10.5. The molecular formula is C16H18N3O3+. The van der Waals surface area contributed by atoms with Crippen molar-refractivity contribution in [2.75, 3.05) is 14.2 Å². The lowest BCUT2D eigenvalue weighted by Gasteiger charge is -2.05. The van der Waals surface area contributed by atoms with Crippen LogP contribution in [0.25, 0.3) is 0 Å². The summed E-state index contributed by atoms with van der Waals surface area (Å²) in [7, 11) is 3.16. The Kier molecular flexibility index (Phi) is 5.48. The zero-order valence-electron chi connectivity index (χ0n) is 12.5. The van der Waals surface area contributed by atoms with Gasteiger partial charge in [-0.1, -0.05) is 6.07 Å². The van der Waals surface area contributed by atoms with Crippen LogP contribution in [0.2, 0.25) is 0 Å². The van der Waals surface area contributed by atoms with Gasteiger partial charge in [-0.2, -0.15) is 9.67 Å². The average Bonchev–Trinajstić information content (AvgIpc) is 2.55. The largest absolute Gasteiger partial charge is 0.497 e. The van der Waals surface area contributed by atoms with Crippen LogP contribution < -0.4 is 19.5 Å². The van der Waals surface area contributed by atoms with Crippen LogP contribution in [0.4, 0.5) is 0 Å². The predicted molar refractivity (Wildman–Crippen MR) is 81.9 cm³/mol. The monoisotopic (exact) mass is 300 g/mol. The fourth-order valence-electron chi connectivity index (χ4n) is 1.82. The molecule has 0 aliphatic rings. The Morgan fingerprint density at radius 1 is 1.14 bits per heavy atom. The van der Waals surface area contributed by atoms with Crippen molar-refractivity contribution in [2.45, 2.75) is 6.54 Å². The summed E-state index contributed by atoms with van der Waals surface area (Å²) in [5, 5.41) is 3.94. The number of amides is 1. The van der Waals surface area contributed by atoms with Gasteiger partial charge in [0.05, 0.1) is 20.4 Å². The molecule has 22 heavy (non-hydrogen) atoms. The van der Waals surface area contributed by atoms with Crippen molar-refractivity contribution in [1.82, 2.24) is 5.43 Å². The van der Waals surface area contributed by atoms with Crippen molar-refractivity contribution in [3.8, 4) is 11.5 Å². The van der Waals surface area contributed by atoms with E-state index in [-0.39, 0.29) is 12.5 Å². The number of methoxy groups -OCH3 is 2. The van der Waals surface area contributed by atoms with Crippen LogP contribution in [-0.2, 0) is 11.3 Å². The second-order valence-electron chi connectivity index (χ2n) is 4.49. The second kappa shape index (κ2) is 7.78. The molecule has 0 saturated carbocycles. The fourth-order valence-corrected chi connectivity index (χ4v) is 1.82. The van der Waals surface area contributed by atoms with Gasteiger partial charge in [0, 0.05) is 23.8 Å². The molecule has 1 heterocycles. The smallest absolute Gasteiger partial charge is 0.305 e. The number of rotatable bonds is 6. The van der Waals surface area contributed by atoms with Crippen LogP contribution in [0, 0.1) is 0 Å². The van der Waals surface area contributed by atoms with E-state index in [0.717, 1.165) is 5.56 Å². The Balaban J connectivity index is 1.96.